The van der Waals surface area contributed by atoms with E-state index in [0.29, 0.717) is 41.9 Å². The topological polar surface area (TPSA) is 51.2 Å². The minimum atomic E-state index is -0.294. The van der Waals surface area contributed by atoms with Gasteiger partial charge in [0.15, 0.2) is 11.5 Å². The van der Waals surface area contributed by atoms with Crippen molar-refractivity contribution in [1.29, 1.82) is 0 Å². The number of halogens is 1. The molecule has 2 heterocycles. The van der Waals surface area contributed by atoms with Gasteiger partial charge in [0, 0.05) is 22.5 Å². The summed E-state index contributed by atoms with van der Waals surface area (Å²) < 4.78 is 16.2. The largest absolute Gasteiger partial charge is 0.461 e. The summed E-state index contributed by atoms with van der Waals surface area (Å²) >= 11 is 8.07. The third kappa shape index (κ3) is 4.31. The molecular formula is C19H25ClN2O4S. The highest BCUT2D eigenvalue weighted by Crippen LogP contribution is 2.39. The van der Waals surface area contributed by atoms with Crippen LogP contribution in [0.4, 0.5) is 0 Å². The lowest BCUT2D eigenvalue weighted by Gasteiger charge is -2.31. The second kappa shape index (κ2) is 9.08. The maximum absolute atomic E-state index is 12.7. The van der Waals surface area contributed by atoms with Crippen molar-refractivity contribution in [3.8, 4) is 11.5 Å². The van der Waals surface area contributed by atoms with Crippen LogP contribution in [0.3, 0.4) is 0 Å². The maximum Gasteiger partial charge on any atom is 0.356 e. The molecule has 1 aromatic carbocycles. The van der Waals surface area contributed by atoms with E-state index in [0.717, 1.165) is 29.9 Å². The van der Waals surface area contributed by atoms with Crippen molar-refractivity contribution in [2.75, 3.05) is 32.7 Å². The van der Waals surface area contributed by atoms with Gasteiger partial charge < -0.3 is 14.2 Å². The van der Waals surface area contributed by atoms with Crippen LogP contribution in [0.25, 0.3) is 0 Å². The quantitative estimate of drug-likeness (QED) is 0.597. The summed E-state index contributed by atoms with van der Waals surface area (Å²) in [7, 11) is 0. The number of thioether (sulfide) groups is 1. The van der Waals surface area contributed by atoms with Gasteiger partial charge in [0.05, 0.1) is 19.7 Å². The van der Waals surface area contributed by atoms with Crippen molar-refractivity contribution >= 4 is 29.3 Å². The molecule has 0 fully saturated rings. The number of carbonyl (C=O) groups is 1. The van der Waals surface area contributed by atoms with Gasteiger partial charge in [-0.3, -0.25) is 5.01 Å². The number of carbonyl (C=O) groups excluding carboxylic acids is 1. The maximum atomic E-state index is 12.7. The summed E-state index contributed by atoms with van der Waals surface area (Å²) in [6, 6.07) is 3.66. The number of benzene rings is 1. The molecule has 27 heavy (non-hydrogen) atoms. The smallest absolute Gasteiger partial charge is 0.356 e. The first kappa shape index (κ1) is 20.2. The molecule has 0 aromatic heterocycles. The van der Waals surface area contributed by atoms with Crippen LogP contribution in [0.1, 0.15) is 32.3 Å². The molecule has 2 aliphatic rings. The normalized spacial score (nSPS) is 16.4. The standard InChI is InChI=1S/C19H25ClN2O4S/c1-4-6-7-21-11-17(27-3)18(19(23)24-5-2)22(21)10-13-8-15-16(9-14(13)20)26-12-25-15/h8-9H,4-7,10-12H2,1-3H3. The molecule has 0 spiro atoms. The molecule has 0 N–H and O–H groups in total. The number of nitrogens with zero attached hydrogens (tertiary/aromatic N) is 2. The molecule has 0 aliphatic carbocycles. The number of hydrogen-bond donors (Lipinski definition) is 0. The van der Waals surface area contributed by atoms with Crippen molar-refractivity contribution in [3.63, 3.8) is 0 Å². The predicted molar refractivity (Wildman–Crippen MR) is 107 cm³/mol. The summed E-state index contributed by atoms with van der Waals surface area (Å²) in [6.45, 7) is 6.56. The highest BCUT2D eigenvalue weighted by molar-refractivity contribution is 8.02. The summed E-state index contributed by atoms with van der Waals surface area (Å²) in [5, 5.41) is 4.79. The molecule has 0 saturated heterocycles. The summed E-state index contributed by atoms with van der Waals surface area (Å²) in [5.41, 5.74) is 1.49. The fraction of sp³-hybridized carbons (Fsp3) is 0.526. The zero-order valence-corrected chi connectivity index (χ0v) is 17.5. The minimum absolute atomic E-state index is 0.200. The van der Waals surface area contributed by atoms with Crippen LogP contribution >= 0.6 is 23.4 Å². The fourth-order valence-corrected chi connectivity index (χ4v) is 4.03. The molecule has 148 valence electrons. The number of unbranched alkanes of at least 4 members (excludes halogenated alkanes) is 1. The molecule has 1 aromatic rings. The van der Waals surface area contributed by atoms with Crippen LogP contribution in [0, 0.1) is 0 Å². The highest BCUT2D eigenvalue weighted by atomic mass is 35.5. The monoisotopic (exact) mass is 412 g/mol. The molecule has 8 heteroatoms. The van der Waals surface area contributed by atoms with Gasteiger partial charge in [-0.25, -0.2) is 9.80 Å². The minimum Gasteiger partial charge on any atom is -0.461 e. The Morgan fingerprint density at radius 3 is 2.70 bits per heavy atom. The molecule has 2 aliphatic heterocycles. The summed E-state index contributed by atoms with van der Waals surface area (Å²) in [4.78, 5) is 13.7. The number of hydrazine groups is 1. The van der Waals surface area contributed by atoms with E-state index in [-0.39, 0.29) is 12.8 Å². The van der Waals surface area contributed by atoms with Gasteiger partial charge in [0.1, 0.15) is 5.70 Å². The Morgan fingerprint density at radius 2 is 2.04 bits per heavy atom. The van der Waals surface area contributed by atoms with Gasteiger partial charge in [-0.2, -0.15) is 0 Å². The van der Waals surface area contributed by atoms with Crippen LogP contribution < -0.4 is 9.47 Å². The molecule has 6 nitrogen and oxygen atoms in total. The lowest BCUT2D eigenvalue weighted by Crippen LogP contribution is -2.39. The van der Waals surface area contributed by atoms with Gasteiger partial charge in [0.25, 0.3) is 0 Å². The van der Waals surface area contributed by atoms with E-state index < -0.39 is 0 Å². The molecule has 0 unspecified atom stereocenters. The van der Waals surface area contributed by atoms with Crippen molar-refractivity contribution in [3.05, 3.63) is 33.3 Å². The second-order valence-electron chi connectivity index (χ2n) is 6.29. The third-order valence-electron chi connectivity index (χ3n) is 4.54. The Balaban J connectivity index is 1.91. The van der Waals surface area contributed by atoms with Crippen molar-refractivity contribution in [1.82, 2.24) is 10.0 Å². The summed E-state index contributed by atoms with van der Waals surface area (Å²) in [6.07, 6.45) is 4.12. The van der Waals surface area contributed by atoms with E-state index in [1.54, 1.807) is 17.8 Å². The van der Waals surface area contributed by atoms with E-state index in [9.17, 15) is 4.79 Å². The first-order valence-corrected chi connectivity index (χ1v) is 10.7. The molecule has 0 bridgehead atoms. The summed E-state index contributed by atoms with van der Waals surface area (Å²) in [5.74, 6) is 1.04. The van der Waals surface area contributed by atoms with Gasteiger partial charge in [0.2, 0.25) is 6.79 Å². The van der Waals surface area contributed by atoms with Crippen LogP contribution in [0.2, 0.25) is 5.02 Å². The van der Waals surface area contributed by atoms with E-state index in [2.05, 4.69) is 11.9 Å². The fourth-order valence-electron chi connectivity index (χ4n) is 3.15. The molecule has 0 saturated carbocycles. The Hall–Kier alpha value is -1.57. The average molecular weight is 413 g/mol. The Kier molecular flexibility index (Phi) is 6.78. The Labute approximate surface area is 169 Å². The van der Waals surface area contributed by atoms with Crippen molar-refractivity contribution < 1.29 is 19.0 Å². The van der Waals surface area contributed by atoms with E-state index in [1.807, 2.05) is 24.3 Å². The lowest BCUT2D eigenvalue weighted by atomic mass is 10.2. The number of ether oxygens (including phenoxy) is 3. The van der Waals surface area contributed by atoms with Crippen LogP contribution in [0.15, 0.2) is 22.7 Å². The molecule has 3 rings (SSSR count). The van der Waals surface area contributed by atoms with Crippen LogP contribution in [-0.2, 0) is 16.1 Å². The highest BCUT2D eigenvalue weighted by Gasteiger charge is 2.35. The molecule has 0 amide bonds. The number of fused-ring (bicyclic) bond motifs is 1. The van der Waals surface area contributed by atoms with Crippen molar-refractivity contribution in [2.24, 2.45) is 0 Å². The van der Waals surface area contributed by atoms with Gasteiger partial charge in [-0.1, -0.05) is 24.9 Å². The van der Waals surface area contributed by atoms with Gasteiger partial charge >= 0.3 is 5.97 Å². The number of esters is 1. The first-order valence-electron chi connectivity index (χ1n) is 9.13. The molecular weight excluding hydrogens is 388 g/mol. The zero-order chi connectivity index (χ0) is 19.4. The average Bonchev–Trinajstić information content (AvgIpc) is 3.24. The van der Waals surface area contributed by atoms with Crippen molar-refractivity contribution in [2.45, 2.75) is 33.2 Å². The Morgan fingerprint density at radius 1 is 1.30 bits per heavy atom. The van der Waals surface area contributed by atoms with Crippen LogP contribution in [-0.4, -0.2) is 48.7 Å². The third-order valence-corrected chi connectivity index (χ3v) is 5.70. The van der Waals surface area contributed by atoms with Crippen LogP contribution in [0.5, 0.6) is 11.5 Å². The predicted octanol–water partition coefficient (Wildman–Crippen LogP) is 4.04. The molecule has 0 radical (unpaired) electrons. The number of rotatable bonds is 8. The van der Waals surface area contributed by atoms with E-state index in [1.165, 1.54) is 0 Å². The van der Waals surface area contributed by atoms with E-state index >= 15 is 0 Å². The number of hydrogen-bond acceptors (Lipinski definition) is 7. The van der Waals surface area contributed by atoms with Gasteiger partial charge in [-0.05, 0) is 31.2 Å². The molecule has 0 atom stereocenters. The first-order chi connectivity index (χ1) is 13.1. The Bertz CT molecular complexity index is 741. The second-order valence-corrected chi connectivity index (χ2v) is 7.60. The lowest BCUT2D eigenvalue weighted by molar-refractivity contribution is -0.142. The van der Waals surface area contributed by atoms with E-state index in [4.69, 9.17) is 25.8 Å². The van der Waals surface area contributed by atoms with Gasteiger partial charge in [-0.15, -0.1) is 11.8 Å². The zero-order valence-electron chi connectivity index (χ0n) is 15.9. The SMILES string of the molecule is CCCCN1CC(SC)=C(C(=O)OCC)N1Cc1cc2c(cc1Cl)OCO2.